The predicted molar refractivity (Wildman–Crippen MR) is 110 cm³/mol. The van der Waals surface area contributed by atoms with Gasteiger partial charge in [0.2, 0.25) is 0 Å². The lowest BCUT2D eigenvalue weighted by atomic mass is 9.86. The number of carbonyl (C=O) groups excluding carboxylic acids is 1. The summed E-state index contributed by atoms with van der Waals surface area (Å²) < 4.78 is 11.9. The van der Waals surface area contributed by atoms with Gasteiger partial charge < -0.3 is 19.3 Å². The van der Waals surface area contributed by atoms with Crippen molar-refractivity contribution in [3.63, 3.8) is 0 Å². The second kappa shape index (κ2) is 8.11. The number of rotatable bonds is 2. The van der Waals surface area contributed by atoms with Crippen LogP contribution in [-0.2, 0) is 9.47 Å². The first-order valence-electron chi connectivity index (χ1n) is 11.4. The molecule has 4 fully saturated rings. The van der Waals surface area contributed by atoms with Crippen molar-refractivity contribution in [3.05, 3.63) is 0 Å². The summed E-state index contributed by atoms with van der Waals surface area (Å²) in [5.74, 6) is 0. The summed E-state index contributed by atoms with van der Waals surface area (Å²) in [7, 11) is 0. The molecule has 4 rings (SSSR count). The highest BCUT2D eigenvalue weighted by atomic mass is 16.6. The number of likely N-dealkylation sites (tertiary alicyclic amines) is 3. The van der Waals surface area contributed by atoms with Crippen LogP contribution in [0.3, 0.4) is 0 Å². The number of piperidine rings is 2. The lowest BCUT2D eigenvalue weighted by Crippen LogP contribution is -2.49. The predicted octanol–water partition coefficient (Wildman–Crippen LogP) is 3.11. The molecule has 4 heterocycles. The largest absolute Gasteiger partial charge is 0.444 e. The molecule has 0 N–H and O–H groups in total. The Morgan fingerprint density at radius 3 is 2.14 bits per heavy atom. The monoisotopic (exact) mass is 393 g/mol. The van der Waals surface area contributed by atoms with E-state index >= 15 is 0 Å². The van der Waals surface area contributed by atoms with Crippen molar-refractivity contribution in [2.24, 2.45) is 0 Å². The zero-order valence-corrected chi connectivity index (χ0v) is 18.1. The molecule has 1 spiro atoms. The molecule has 1 amide bonds. The van der Waals surface area contributed by atoms with Gasteiger partial charge in [0.15, 0.2) is 0 Å². The number of hydrogen-bond donors (Lipinski definition) is 0. The Balaban J connectivity index is 1.23. The van der Waals surface area contributed by atoms with Gasteiger partial charge in [-0.15, -0.1) is 0 Å². The Bertz CT molecular complexity index is 540. The number of amides is 1. The molecule has 0 aromatic heterocycles. The first-order chi connectivity index (χ1) is 13.3. The van der Waals surface area contributed by atoms with Crippen molar-refractivity contribution in [2.75, 3.05) is 45.9 Å². The zero-order chi connectivity index (χ0) is 19.8. The van der Waals surface area contributed by atoms with Crippen molar-refractivity contribution in [3.8, 4) is 0 Å². The van der Waals surface area contributed by atoms with Gasteiger partial charge in [0.1, 0.15) is 5.60 Å². The maximum Gasteiger partial charge on any atom is 0.410 e. The van der Waals surface area contributed by atoms with Gasteiger partial charge in [0, 0.05) is 38.3 Å². The molecule has 4 aliphatic rings. The van der Waals surface area contributed by atoms with Crippen LogP contribution in [0.25, 0.3) is 0 Å². The molecule has 0 saturated carbocycles. The average Bonchev–Trinajstić information content (AvgIpc) is 3.32. The van der Waals surface area contributed by atoms with Gasteiger partial charge in [-0.05, 0) is 78.8 Å². The summed E-state index contributed by atoms with van der Waals surface area (Å²) in [5, 5.41) is 0. The minimum atomic E-state index is -0.428. The fraction of sp³-hybridized carbons (Fsp3) is 0.955. The average molecular weight is 394 g/mol. The van der Waals surface area contributed by atoms with Crippen LogP contribution in [0.15, 0.2) is 0 Å². The molecule has 160 valence electrons. The highest BCUT2D eigenvalue weighted by Gasteiger charge is 2.46. The highest BCUT2D eigenvalue weighted by Crippen LogP contribution is 2.38. The Kier molecular flexibility index (Phi) is 5.92. The summed E-state index contributed by atoms with van der Waals surface area (Å²) >= 11 is 0. The standard InChI is InChI=1S/C22H39N3O3/c1-21(2,3)28-20(26)25-14-8-22(9-15-25)16-19(17-27-22)24-12-6-18(7-13-24)23-10-4-5-11-23/h18-19H,4-17H2,1-3H3/t19-/m1/s1. The van der Waals surface area contributed by atoms with Gasteiger partial charge >= 0.3 is 6.09 Å². The fourth-order valence-electron chi connectivity index (χ4n) is 5.55. The quantitative estimate of drug-likeness (QED) is 0.721. The molecule has 0 radical (unpaired) electrons. The number of carbonyl (C=O) groups is 1. The van der Waals surface area contributed by atoms with E-state index in [1.807, 2.05) is 25.7 Å². The molecule has 0 aromatic carbocycles. The summed E-state index contributed by atoms with van der Waals surface area (Å²) in [6.07, 6.45) is 8.23. The Morgan fingerprint density at radius 2 is 1.54 bits per heavy atom. The Hall–Kier alpha value is -0.850. The Morgan fingerprint density at radius 1 is 0.929 bits per heavy atom. The molecule has 0 aromatic rings. The van der Waals surface area contributed by atoms with Gasteiger partial charge in [-0.3, -0.25) is 4.90 Å². The molecular formula is C22H39N3O3. The second-order valence-electron chi connectivity index (χ2n) is 10.3. The number of ether oxygens (including phenoxy) is 2. The van der Waals surface area contributed by atoms with Gasteiger partial charge in [-0.2, -0.15) is 0 Å². The van der Waals surface area contributed by atoms with E-state index in [2.05, 4.69) is 9.80 Å². The molecule has 1 atom stereocenters. The molecule has 4 saturated heterocycles. The minimum Gasteiger partial charge on any atom is -0.444 e. The van der Waals surface area contributed by atoms with E-state index in [0.29, 0.717) is 6.04 Å². The van der Waals surface area contributed by atoms with E-state index in [1.165, 1.54) is 51.9 Å². The van der Waals surface area contributed by atoms with Crippen molar-refractivity contribution in [2.45, 2.75) is 89.0 Å². The van der Waals surface area contributed by atoms with Crippen LogP contribution >= 0.6 is 0 Å². The van der Waals surface area contributed by atoms with E-state index in [1.54, 1.807) is 0 Å². The van der Waals surface area contributed by atoms with Crippen molar-refractivity contribution in [1.29, 1.82) is 0 Å². The molecule has 6 nitrogen and oxygen atoms in total. The zero-order valence-electron chi connectivity index (χ0n) is 18.1. The van der Waals surface area contributed by atoms with Gasteiger partial charge in [-0.1, -0.05) is 0 Å². The second-order valence-corrected chi connectivity index (χ2v) is 10.3. The van der Waals surface area contributed by atoms with E-state index in [0.717, 1.165) is 45.0 Å². The molecule has 0 bridgehead atoms. The van der Waals surface area contributed by atoms with E-state index in [9.17, 15) is 4.79 Å². The molecule has 0 unspecified atom stereocenters. The van der Waals surface area contributed by atoms with Crippen LogP contribution in [0.4, 0.5) is 4.79 Å². The van der Waals surface area contributed by atoms with Crippen LogP contribution in [0.5, 0.6) is 0 Å². The van der Waals surface area contributed by atoms with Crippen LogP contribution in [0.2, 0.25) is 0 Å². The van der Waals surface area contributed by atoms with Gasteiger partial charge in [-0.25, -0.2) is 4.79 Å². The smallest absolute Gasteiger partial charge is 0.410 e. The van der Waals surface area contributed by atoms with Crippen LogP contribution in [-0.4, -0.2) is 90.0 Å². The molecule has 0 aliphatic carbocycles. The Labute approximate surface area is 170 Å². The molecule has 4 aliphatic heterocycles. The van der Waals surface area contributed by atoms with Crippen LogP contribution in [0.1, 0.15) is 65.7 Å². The molecular weight excluding hydrogens is 354 g/mol. The van der Waals surface area contributed by atoms with E-state index < -0.39 is 5.60 Å². The summed E-state index contributed by atoms with van der Waals surface area (Å²) in [6, 6.07) is 1.37. The lowest BCUT2D eigenvalue weighted by Gasteiger charge is -2.41. The van der Waals surface area contributed by atoms with Crippen molar-refractivity contribution >= 4 is 6.09 Å². The number of nitrogens with zero attached hydrogens (tertiary/aromatic N) is 3. The SMILES string of the molecule is CC(C)(C)OC(=O)N1CCC2(CC1)C[C@@H](N1CCC(N3CCCC3)CC1)CO2. The normalized spacial score (nSPS) is 30.2. The first kappa shape index (κ1) is 20.4. The number of hydrogen-bond acceptors (Lipinski definition) is 5. The first-order valence-corrected chi connectivity index (χ1v) is 11.4. The summed E-state index contributed by atoms with van der Waals surface area (Å²) in [5.41, 5.74) is -0.447. The third-order valence-corrected chi connectivity index (χ3v) is 7.19. The van der Waals surface area contributed by atoms with Crippen molar-refractivity contribution in [1.82, 2.24) is 14.7 Å². The third kappa shape index (κ3) is 4.65. The topological polar surface area (TPSA) is 45.2 Å². The van der Waals surface area contributed by atoms with Crippen LogP contribution < -0.4 is 0 Å². The maximum absolute atomic E-state index is 12.3. The van der Waals surface area contributed by atoms with Crippen LogP contribution in [0, 0.1) is 0 Å². The van der Waals surface area contributed by atoms with Gasteiger partial charge in [0.25, 0.3) is 0 Å². The fourth-order valence-corrected chi connectivity index (χ4v) is 5.55. The lowest BCUT2D eigenvalue weighted by molar-refractivity contribution is -0.0489. The van der Waals surface area contributed by atoms with Crippen molar-refractivity contribution < 1.29 is 14.3 Å². The third-order valence-electron chi connectivity index (χ3n) is 7.19. The van der Waals surface area contributed by atoms with E-state index in [-0.39, 0.29) is 11.7 Å². The maximum atomic E-state index is 12.3. The minimum absolute atomic E-state index is 0.0189. The summed E-state index contributed by atoms with van der Waals surface area (Å²) in [4.78, 5) is 19.6. The summed E-state index contributed by atoms with van der Waals surface area (Å²) in [6.45, 7) is 13.2. The molecule has 28 heavy (non-hydrogen) atoms. The van der Waals surface area contributed by atoms with E-state index in [4.69, 9.17) is 9.47 Å². The molecule has 6 heteroatoms. The van der Waals surface area contributed by atoms with Gasteiger partial charge in [0.05, 0.1) is 12.2 Å². The highest BCUT2D eigenvalue weighted by molar-refractivity contribution is 5.68.